The van der Waals surface area contributed by atoms with Crippen molar-refractivity contribution in [3.05, 3.63) is 57.6 Å². The highest BCUT2D eigenvalue weighted by Gasteiger charge is 2.21. The van der Waals surface area contributed by atoms with Gasteiger partial charge in [0.2, 0.25) is 0 Å². The molecule has 0 aliphatic carbocycles. The van der Waals surface area contributed by atoms with Gasteiger partial charge in [-0.05, 0) is 73.2 Å². The Labute approximate surface area is 144 Å². The van der Waals surface area contributed by atoms with Gasteiger partial charge in [-0.25, -0.2) is 0 Å². The minimum absolute atomic E-state index is 0.158. The molecule has 0 N–H and O–H groups in total. The molecule has 0 fully saturated rings. The van der Waals surface area contributed by atoms with Gasteiger partial charge in [-0.1, -0.05) is 12.1 Å². The van der Waals surface area contributed by atoms with E-state index in [4.69, 9.17) is 21.1 Å². The third-order valence-corrected chi connectivity index (χ3v) is 5.21. The lowest BCUT2D eigenvalue weighted by Gasteiger charge is -2.23. The van der Waals surface area contributed by atoms with Gasteiger partial charge in [-0.3, -0.25) is 0 Å². The molecule has 3 heteroatoms. The molecule has 0 spiro atoms. The summed E-state index contributed by atoms with van der Waals surface area (Å²) in [5.41, 5.74) is 7.33. The molecule has 0 saturated carbocycles. The Morgan fingerprint density at radius 3 is 1.43 bits per heavy atom. The summed E-state index contributed by atoms with van der Waals surface area (Å²) in [6.07, 6.45) is 0. The molecule has 0 saturated heterocycles. The van der Waals surface area contributed by atoms with Crippen LogP contribution in [0.5, 0.6) is 11.5 Å². The largest absolute Gasteiger partial charge is 0.496 e. The average molecular weight is 333 g/mol. The quantitative estimate of drug-likeness (QED) is 0.691. The number of hydrogen-bond acceptors (Lipinski definition) is 2. The molecule has 0 aromatic heterocycles. The van der Waals surface area contributed by atoms with Crippen LogP contribution in [0.1, 0.15) is 39.3 Å². The minimum atomic E-state index is 0.158. The standard InChI is InChI=1S/C20H25ClO2/c1-12-14(3)19(22-5)9-7-16(12)18(11-21)17-8-10-20(23-6)15(4)13(17)2/h7-10,18H,11H2,1-6H3. The van der Waals surface area contributed by atoms with Crippen LogP contribution >= 0.6 is 11.6 Å². The van der Waals surface area contributed by atoms with Crippen LogP contribution in [-0.2, 0) is 0 Å². The van der Waals surface area contributed by atoms with E-state index in [1.54, 1.807) is 14.2 Å². The monoisotopic (exact) mass is 332 g/mol. The molecule has 2 nitrogen and oxygen atoms in total. The summed E-state index contributed by atoms with van der Waals surface area (Å²) in [6.45, 7) is 8.46. The Bertz CT molecular complexity index is 648. The van der Waals surface area contributed by atoms with Crippen LogP contribution in [0.25, 0.3) is 0 Å². The summed E-state index contributed by atoms with van der Waals surface area (Å²) in [6, 6.07) is 8.33. The van der Waals surface area contributed by atoms with Crippen LogP contribution < -0.4 is 9.47 Å². The van der Waals surface area contributed by atoms with E-state index in [1.807, 2.05) is 12.1 Å². The van der Waals surface area contributed by atoms with E-state index in [0.29, 0.717) is 5.88 Å². The highest BCUT2D eigenvalue weighted by Crippen LogP contribution is 2.37. The van der Waals surface area contributed by atoms with Gasteiger partial charge in [0.05, 0.1) is 14.2 Å². The van der Waals surface area contributed by atoms with Crippen LogP contribution in [-0.4, -0.2) is 20.1 Å². The molecule has 2 rings (SSSR count). The fourth-order valence-corrected chi connectivity index (χ4v) is 3.50. The van der Waals surface area contributed by atoms with E-state index in [1.165, 1.54) is 33.4 Å². The van der Waals surface area contributed by atoms with Crippen molar-refractivity contribution in [3.8, 4) is 11.5 Å². The Morgan fingerprint density at radius 2 is 1.13 bits per heavy atom. The molecule has 0 atom stereocenters. The number of hydrogen-bond donors (Lipinski definition) is 0. The second-order valence-corrected chi connectivity index (χ2v) is 6.23. The van der Waals surface area contributed by atoms with Crippen molar-refractivity contribution >= 4 is 11.6 Å². The Balaban J connectivity index is 2.58. The van der Waals surface area contributed by atoms with Crippen molar-refractivity contribution in [1.29, 1.82) is 0 Å². The average Bonchev–Trinajstić information content (AvgIpc) is 2.56. The van der Waals surface area contributed by atoms with E-state index in [0.717, 1.165) is 11.5 Å². The Hall–Kier alpha value is -1.67. The van der Waals surface area contributed by atoms with Crippen molar-refractivity contribution in [3.63, 3.8) is 0 Å². The maximum absolute atomic E-state index is 6.37. The smallest absolute Gasteiger partial charge is 0.122 e. The van der Waals surface area contributed by atoms with E-state index in [2.05, 4.69) is 39.8 Å². The highest BCUT2D eigenvalue weighted by atomic mass is 35.5. The summed E-state index contributed by atoms with van der Waals surface area (Å²) in [4.78, 5) is 0. The first-order chi connectivity index (χ1) is 11.0. The van der Waals surface area contributed by atoms with Gasteiger partial charge in [-0.15, -0.1) is 11.6 Å². The minimum Gasteiger partial charge on any atom is -0.496 e. The number of benzene rings is 2. The van der Waals surface area contributed by atoms with E-state index < -0.39 is 0 Å². The zero-order valence-corrected chi connectivity index (χ0v) is 15.5. The first kappa shape index (κ1) is 17.7. The van der Waals surface area contributed by atoms with Crippen LogP contribution in [0.3, 0.4) is 0 Å². The third kappa shape index (κ3) is 3.18. The van der Waals surface area contributed by atoms with Crippen LogP contribution in [0.4, 0.5) is 0 Å². The molecular formula is C20H25ClO2. The highest BCUT2D eigenvalue weighted by molar-refractivity contribution is 6.18. The second-order valence-electron chi connectivity index (χ2n) is 5.92. The number of alkyl halides is 1. The Morgan fingerprint density at radius 1 is 0.739 bits per heavy atom. The van der Waals surface area contributed by atoms with Gasteiger partial charge in [0.1, 0.15) is 11.5 Å². The van der Waals surface area contributed by atoms with Gasteiger partial charge in [0.25, 0.3) is 0 Å². The molecule has 0 bridgehead atoms. The molecule has 0 aliphatic heterocycles. The molecule has 2 aromatic rings. The molecule has 0 heterocycles. The summed E-state index contributed by atoms with van der Waals surface area (Å²) >= 11 is 6.37. The molecular weight excluding hydrogens is 308 g/mol. The third-order valence-electron chi connectivity index (χ3n) is 4.90. The predicted molar refractivity (Wildman–Crippen MR) is 97.5 cm³/mol. The van der Waals surface area contributed by atoms with Crippen molar-refractivity contribution in [2.24, 2.45) is 0 Å². The number of halogens is 1. The second kappa shape index (κ2) is 7.27. The van der Waals surface area contributed by atoms with Crippen molar-refractivity contribution in [1.82, 2.24) is 0 Å². The van der Waals surface area contributed by atoms with E-state index >= 15 is 0 Å². The van der Waals surface area contributed by atoms with Crippen molar-refractivity contribution in [2.75, 3.05) is 20.1 Å². The molecule has 0 amide bonds. The molecule has 0 unspecified atom stereocenters. The van der Waals surface area contributed by atoms with Gasteiger partial charge in [0, 0.05) is 11.8 Å². The van der Waals surface area contributed by atoms with E-state index in [-0.39, 0.29) is 5.92 Å². The summed E-state index contributed by atoms with van der Waals surface area (Å²) in [5.74, 6) is 2.54. The molecule has 2 aromatic carbocycles. The van der Waals surface area contributed by atoms with Crippen LogP contribution in [0, 0.1) is 27.7 Å². The van der Waals surface area contributed by atoms with Gasteiger partial charge in [0.15, 0.2) is 0 Å². The zero-order valence-electron chi connectivity index (χ0n) is 14.8. The Kier molecular flexibility index (Phi) is 5.59. The maximum Gasteiger partial charge on any atom is 0.122 e. The lowest BCUT2D eigenvalue weighted by molar-refractivity contribution is 0.410. The number of methoxy groups -OCH3 is 2. The topological polar surface area (TPSA) is 18.5 Å². The summed E-state index contributed by atoms with van der Waals surface area (Å²) in [5, 5.41) is 0. The molecule has 0 aliphatic rings. The normalized spacial score (nSPS) is 11.0. The van der Waals surface area contributed by atoms with Crippen LogP contribution in [0.2, 0.25) is 0 Å². The van der Waals surface area contributed by atoms with Gasteiger partial charge >= 0.3 is 0 Å². The first-order valence-electron chi connectivity index (χ1n) is 7.80. The SMILES string of the molecule is COc1ccc(C(CCl)c2ccc(OC)c(C)c2C)c(C)c1C. The fourth-order valence-electron chi connectivity index (χ4n) is 3.16. The fraction of sp³-hybridized carbons (Fsp3) is 0.400. The maximum atomic E-state index is 6.37. The summed E-state index contributed by atoms with van der Waals surface area (Å²) < 4.78 is 10.8. The van der Waals surface area contributed by atoms with E-state index in [9.17, 15) is 0 Å². The predicted octanol–water partition coefficient (Wildman–Crippen LogP) is 5.31. The summed E-state index contributed by atoms with van der Waals surface area (Å²) in [7, 11) is 3.41. The van der Waals surface area contributed by atoms with Gasteiger partial charge in [-0.2, -0.15) is 0 Å². The number of rotatable bonds is 5. The van der Waals surface area contributed by atoms with Gasteiger partial charge < -0.3 is 9.47 Å². The first-order valence-corrected chi connectivity index (χ1v) is 8.33. The number of ether oxygens (including phenoxy) is 2. The lowest BCUT2D eigenvalue weighted by Crippen LogP contribution is -2.09. The van der Waals surface area contributed by atoms with Crippen molar-refractivity contribution < 1.29 is 9.47 Å². The molecule has 124 valence electrons. The molecule has 23 heavy (non-hydrogen) atoms. The zero-order chi connectivity index (χ0) is 17.1. The van der Waals surface area contributed by atoms with Crippen molar-refractivity contribution in [2.45, 2.75) is 33.6 Å². The lowest BCUT2D eigenvalue weighted by atomic mass is 9.84. The molecule has 0 radical (unpaired) electrons. The van der Waals surface area contributed by atoms with Crippen LogP contribution in [0.15, 0.2) is 24.3 Å².